The molecule has 106 valence electrons. The molecule has 0 amide bonds. The van der Waals surface area contributed by atoms with Gasteiger partial charge in [-0.05, 0) is 6.42 Å². The van der Waals surface area contributed by atoms with E-state index in [1.54, 1.807) is 0 Å². The van der Waals surface area contributed by atoms with Crippen LogP contribution in [0.1, 0.15) is 25.2 Å². The summed E-state index contributed by atoms with van der Waals surface area (Å²) in [6, 6.07) is 20.4. The van der Waals surface area contributed by atoms with Crippen molar-refractivity contribution in [1.82, 2.24) is 9.97 Å². The second-order valence-corrected chi connectivity index (χ2v) is 5.09. The number of nitrogens with one attached hydrogen (secondary N) is 1. The maximum atomic E-state index is 6.14. The summed E-state index contributed by atoms with van der Waals surface area (Å²) in [6.45, 7) is 2.07. The number of nitrogens with zero attached hydrogens (tertiary/aromatic N) is 1. The van der Waals surface area contributed by atoms with Gasteiger partial charge in [0.05, 0.1) is 17.4 Å². The quantitative estimate of drug-likeness (QED) is 0.752. The van der Waals surface area contributed by atoms with Gasteiger partial charge in [0.25, 0.3) is 0 Å². The molecule has 2 aromatic carbocycles. The van der Waals surface area contributed by atoms with Gasteiger partial charge in [0.1, 0.15) is 5.82 Å². The van der Waals surface area contributed by atoms with Crippen molar-refractivity contribution in [2.24, 2.45) is 5.73 Å². The van der Waals surface area contributed by atoms with Crippen LogP contribution in [-0.4, -0.2) is 9.97 Å². The summed E-state index contributed by atoms with van der Waals surface area (Å²) in [5.41, 5.74) is 10.3. The molecule has 3 aromatic rings. The average Bonchev–Trinajstić information content (AvgIpc) is 3.01. The van der Waals surface area contributed by atoms with Gasteiger partial charge in [-0.1, -0.05) is 67.6 Å². The van der Waals surface area contributed by atoms with Gasteiger partial charge in [-0.2, -0.15) is 0 Å². The number of rotatable bonds is 4. The summed E-state index contributed by atoms with van der Waals surface area (Å²) in [4.78, 5) is 8.16. The fraction of sp³-hybridized carbons (Fsp3) is 0.167. The number of hydrogen-bond acceptors (Lipinski definition) is 2. The highest BCUT2D eigenvalue weighted by molar-refractivity contribution is 5.78. The Kier molecular flexibility index (Phi) is 3.84. The molecule has 3 rings (SSSR count). The molecule has 3 N–H and O–H groups in total. The van der Waals surface area contributed by atoms with Crippen LogP contribution in [0.5, 0.6) is 0 Å². The third-order valence-corrected chi connectivity index (χ3v) is 3.62. The summed E-state index contributed by atoms with van der Waals surface area (Å²) in [5.74, 6) is 0.843. The van der Waals surface area contributed by atoms with Crippen LogP contribution in [0.3, 0.4) is 0 Å². The van der Waals surface area contributed by atoms with Gasteiger partial charge < -0.3 is 10.7 Å². The van der Waals surface area contributed by atoms with Crippen LogP contribution in [-0.2, 0) is 0 Å². The molecule has 0 saturated heterocycles. The molecule has 21 heavy (non-hydrogen) atoms. The minimum atomic E-state index is -0.0649. The molecular weight excluding hydrogens is 258 g/mol. The van der Waals surface area contributed by atoms with E-state index in [4.69, 9.17) is 10.7 Å². The molecular formula is C18H19N3. The maximum Gasteiger partial charge on any atom is 0.124 e. The highest BCUT2D eigenvalue weighted by Gasteiger charge is 2.16. The fourth-order valence-electron chi connectivity index (χ4n) is 2.38. The first-order valence-corrected chi connectivity index (χ1v) is 7.26. The van der Waals surface area contributed by atoms with Gasteiger partial charge in [-0.3, -0.25) is 0 Å². The summed E-state index contributed by atoms with van der Waals surface area (Å²) in [6.07, 6.45) is 0.857. The Labute approximate surface area is 124 Å². The standard InChI is InChI=1S/C18H19N3/c1-2-15(19)18-20-16(13-9-5-3-6-10-13)17(21-18)14-11-7-4-8-12-14/h3-12,15H,2,19H2,1H3,(H,20,21). The number of H-pyrrole nitrogens is 1. The molecule has 1 atom stereocenters. The fourth-order valence-corrected chi connectivity index (χ4v) is 2.38. The van der Waals surface area contributed by atoms with E-state index in [-0.39, 0.29) is 6.04 Å². The molecule has 1 aromatic heterocycles. The molecule has 1 unspecified atom stereocenters. The topological polar surface area (TPSA) is 54.7 Å². The third-order valence-electron chi connectivity index (χ3n) is 3.62. The van der Waals surface area contributed by atoms with Crippen molar-refractivity contribution in [3.05, 3.63) is 66.5 Å². The van der Waals surface area contributed by atoms with E-state index in [9.17, 15) is 0 Å². The van der Waals surface area contributed by atoms with Crippen molar-refractivity contribution >= 4 is 0 Å². The Balaban J connectivity index is 2.15. The van der Waals surface area contributed by atoms with Crippen LogP contribution >= 0.6 is 0 Å². The Morgan fingerprint density at radius 3 is 2.10 bits per heavy atom. The first kappa shape index (κ1) is 13.6. The molecule has 0 fully saturated rings. The highest BCUT2D eigenvalue weighted by atomic mass is 15.0. The lowest BCUT2D eigenvalue weighted by Crippen LogP contribution is -2.10. The summed E-state index contributed by atoms with van der Waals surface area (Å²) >= 11 is 0. The van der Waals surface area contributed by atoms with E-state index in [2.05, 4.69) is 36.2 Å². The summed E-state index contributed by atoms with van der Waals surface area (Å²) < 4.78 is 0. The molecule has 0 aliphatic carbocycles. The monoisotopic (exact) mass is 277 g/mol. The van der Waals surface area contributed by atoms with Gasteiger partial charge >= 0.3 is 0 Å². The molecule has 0 aliphatic rings. The zero-order valence-corrected chi connectivity index (χ0v) is 12.1. The van der Waals surface area contributed by atoms with E-state index < -0.39 is 0 Å². The lowest BCUT2D eigenvalue weighted by atomic mass is 10.1. The Morgan fingerprint density at radius 1 is 0.952 bits per heavy atom. The average molecular weight is 277 g/mol. The second-order valence-electron chi connectivity index (χ2n) is 5.09. The van der Waals surface area contributed by atoms with Crippen molar-refractivity contribution in [2.75, 3.05) is 0 Å². The Hall–Kier alpha value is -2.39. The van der Waals surface area contributed by atoms with Crippen molar-refractivity contribution in [1.29, 1.82) is 0 Å². The van der Waals surface area contributed by atoms with Gasteiger partial charge in [-0.15, -0.1) is 0 Å². The van der Waals surface area contributed by atoms with Crippen LogP contribution in [0.25, 0.3) is 22.5 Å². The van der Waals surface area contributed by atoms with Gasteiger partial charge in [0.2, 0.25) is 0 Å². The number of aromatic amines is 1. The van der Waals surface area contributed by atoms with Crippen LogP contribution in [0.2, 0.25) is 0 Å². The zero-order chi connectivity index (χ0) is 14.7. The molecule has 3 nitrogen and oxygen atoms in total. The minimum absolute atomic E-state index is 0.0649. The van der Waals surface area contributed by atoms with Crippen LogP contribution in [0.4, 0.5) is 0 Å². The minimum Gasteiger partial charge on any atom is -0.340 e. The number of nitrogens with two attached hydrogens (primary N) is 1. The number of benzene rings is 2. The maximum absolute atomic E-state index is 6.14. The van der Waals surface area contributed by atoms with E-state index >= 15 is 0 Å². The normalized spacial score (nSPS) is 12.3. The molecule has 1 heterocycles. The van der Waals surface area contributed by atoms with Gasteiger partial charge in [0, 0.05) is 11.1 Å². The lowest BCUT2D eigenvalue weighted by molar-refractivity contribution is 0.659. The number of aromatic nitrogens is 2. The predicted octanol–water partition coefficient (Wildman–Crippen LogP) is 4.15. The van der Waals surface area contributed by atoms with Crippen molar-refractivity contribution in [3.63, 3.8) is 0 Å². The van der Waals surface area contributed by atoms with Gasteiger partial charge in [0.15, 0.2) is 0 Å². The zero-order valence-electron chi connectivity index (χ0n) is 12.1. The molecule has 0 bridgehead atoms. The van der Waals surface area contributed by atoms with Crippen molar-refractivity contribution in [2.45, 2.75) is 19.4 Å². The molecule has 0 aliphatic heterocycles. The van der Waals surface area contributed by atoms with Crippen molar-refractivity contribution < 1.29 is 0 Å². The Bertz CT molecular complexity index is 645. The largest absolute Gasteiger partial charge is 0.340 e. The van der Waals surface area contributed by atoms with E-state index in [1.807, 2.05) is 36.4 Å². The Morgan fingerprint density at radius 2 is 1.52 bits per heavy atom. The van der Waals surface area contributed by atoms with E-state index in [1.165, 1.54) is 0 Å². The van der Waals surface area contributed by atoms with E-state index in [0.717, 1.165) is 34.8 Å². The first-order chi connectivity index (χ1) is 10.3. The summed E-state index contributed by atoms with van der Waals surface area (Å²) in [5, 5.41) is 0. The second kappa shape index (κ2) is 5.94. The SMILES string of the molecule is CCC(N)c1nc(-c2ccccc2)c(-c2ccccc2)[nH]1. The third kappa shape index (κ3) is 2.73. The lowest BCUT2D eigenvalue weighted by Gasteiger charge is -2.03. The van der Waals surface area contributed by atoms with Crippen LogP contribution < -0.4 is 5.73 Å². The number of imidazole rings is 1. The molecule has 3 heteroatoms. The predicted molar refractivity (Wildman–Crippen MR) is 86.7 cm³/mol. The van der Waals surface area contributed by atoms with Crippen molar-refractivity contribution in [3.8, 4) is 22.5 Å². The van der Waals surface area contributed by atoms with Crippen LogP contribution in [0.15, 0.2) is 60.7 Å². The van der Waals surface area contributed by atoms with Crippen LogP contribution in [0, 0.1) is 0 Å². The number of hydrogen-bond donors (Lipinski definition) is 2. The smallest absolute Gasteiger partial charge is 0.124 e. The molecule has 0 saturated carbocycles. The molecule has 0 spiro atoms. The molecule has 0 radical (unpaired) electrons. The van der Waals surface area contributed by atoms with E-state index in [0.29, 0.717) is 0 Å². The summed E-state index contributed by atoms with van der Waals surface area (Å²) in [7, 11) is 0. The first-order valence-electron chi connectivity index (χ1n) is 7.26. The highest BCUT2D eigenvalue weighted by Crippen LogP contribution is 2.31. The van der Waals surface area contributed by atoms with Gasteiger partial charge in [-0.25, -0.2) is 4.98 Å².